The summed E-state index contributed by atoms with van der Waals surface area (Å²) in [6, 6.07) is 5.87. The number of benzene rings is 1. The maximum absolute atomic E-state index is 5.81. The number of hydrogen-bond acceptors (Lipinski definition) is 2. The summed E-state index contributed by atoms with van der Waals surface area (Å²) >= 11 is 0. The van der Waals surface area contributed by atoms with E-state index in [9.17, 15) is 0 Å². The van der Waals surface area contributed by atoms with Crippen molar-refractivity contribution in [2.45, 2.75) is 6.04 Å². The van der Waals surface area contributed by atoms with E-state index in [-0.39, 0.29) is 6.04 Å². The Morgan fingerprint density at radius 3 is 3.06 bits per heavy atom. The fourth-order valence-corrected chi connectivity index (χ4v) is 1.91. The lowest BCUT2D eigenvalue weighted by atomic mass is 9.99. The number of allylic oxidation sites excluding steroid dienone is 1. The SMILES string of the molecule is Nc1ccc2c(c1)OC1=CC([NH3+])C=CC1=C2. The van der Waals surface area contributed by atoms with Crippen LogP contribution in [0.1, 0.15) is 5.56 Å². The number of anilines is 1. The summed E-state index contributed by atoms with van der Waals surface area (Å²) in [5, 5.41) is 0. The van der Waals surface area contributed by atoms with Crippen LogP contribution in [-0.4, -0.2) is 6.04 Å². The van der Waals surface area contributed by atoms with Gasteiger partial charge in [0.15, 0.2) is 0 Å². The van der Waals surface area contributed by atoms with Crippen molar-refractivity contribution in [1.29, 1.82) is 0 Å². The van der Waals surface area contributed by atoms with Crippen LogP contribution >= 0.6 is 0 Å². The van der Waals surface area contributed by atoms with E-state index in [2.05, 4.69) is 17.9 Å². The topological polar surface area (TPSA) is 62.9 Å². The molecule has 80 valence electrons. The number of hydrogen-bond donors (Lipinski definition) is 2. The van der Waals surface area contributed by atoms with Crippen LogP contribution < -0.4 is 16.2 Å². The fourth-order valence-electron chi connectivity index (χ4n) is 1.91. The monoisotopic (exact) mass is 213 g/mol. The minimum absolute atomic E-state index is 0.176. The van der Waals surface area contributed by atoms with Gasteiger partial charge in [-0.15, -0.1) is 0 Å². The lowest BCUT2D eigenvalue weighted by Gasteiger charge is -2.21. The third-order valence-electron chi connectivity index (χ3n) is 2.74. The Hall–Kier alpha value is -2.00. The van der Waals surface area contributed by atoms with Crippen molar-refractivity contribution in [1.82, 2.24) is 0 Å². The molecule has 2 aliphatic rings. The maximum atomic E-state index is 5.81. The van der Waals surface area contributed by atoms with Gasteiger partial charge in [0.2, 0.25) is 0 Å². The predicted molar refractivity (Wildman–Crippen MR) is 63.4 cm³/mol. The largest absolute Gasteiger partial charge is 0.456 e. The molecule has 0 fully saturated rings. The van der Waals surface area contributed by atoms with Gasteiger partial charge >= 0.3 is 0 Å². The summed E-state index contributed by atoms with van der Waals surface area (Å²) in [7, 11) is 0. The normalized spacial score (nSPS) is 21.4. The molecule has 1 aliphatic carbocycles. The molecule has 3 heteroatoms. The maximum Gasteiger partial charge on any atom is 0.136 e. The van der Waals surface area contributed by atoms with Gasteiger partial charge in [0.05, 0.1) is 0 Å². The van der Waals surface area contributed by atoms with Crippen LogP contribution in [0, 0.1) is 0 Å². The fraction of sp³-hybridized carbons (Fsp3) is 0.0769. The molecule has 1 aliphatic heterocycles. The Morgan fingerprint density at radius 1 is 1.31 bits per heavy atom. The van der Waals surface area contributed by atoms with Gasteiger partial charge in [-0.25, -0.2) is 0 Å². The molecule has 0 bridgehead atoms. The highest BCUT2D eigenvalue weighted by Crippen LogP contribution is 2.34. The molecule has 16 heavy (non-hydrogen) atoms. The van der Waals surface area contributed by atoms with Gasteiger partial charge in [0.1, 0.15) is 17.6 Å². The van der Waals surface area contributed by atoms with Crippen LogP contribution in [0.5, 0.6) is 5.75 Å². The molecule has 0 spiro atoms. The Morgan fingerprint density at radius 2 is 2.19 bits per heavy atom. The lowest BCUT2D eigenvalue weighted by Crippen LogP contribution is -2.59. The van der Waals surface area contributed by atoms with Gasteiger partial charge in [-0.2, -0.15) is 0 Å². The van der Waals surface area contributed by atoms with Gasteiger partial charge in [0.25, 0.3) is 0 Å². The third-order valence-corrected chi connectivity index (χ3v) is 2.74. The predicted octanol–water partition coefficient (Wildman–Crippen LogP) is 1.11. The quantitative estimate of drug-likeness (QED) is 0.634. The summed E-state index contributed by atoms with van der Waals surface area (Å²) in [6.45, 7) is 0. The van der Waals surface area contributed by atoms with Crippen LogP contribution in [0.25, 0.3) is 6.08 Å². The first-order valence-corrected chi connectivity index (χ1v) is 5.25. The molecule has 1 aromatic rings. The number of nitrogen functional groups attached to an aromatic ring is 1. The van der Waals surface area contributed by atoms with Crippen molar-refractivity contribution in [3.8, 4) is 5.75 Å². The highest BCUT2D eigenvalue weighted by molar-refractivity contribution is 5.72. The first-order valence-electron chi connectivity index (χ1n) is 5.25. The Kier molecular flexibility index (Phi) is 1.88. The van der Waals surface area contributed by atoms with Crippen LogP contribution in [0.2, 0.25) is 0 Å². The number of fused-ring (bicyclic) bond motifs is 2. The molecule has 3 rings (SSSR count). The summed E-state index contributed by atoms with van der Waals surface area (Å²) in [4.78, 5) is 0. The van der Waals surface area contributed by atoms with E-state index >= 15 is 0 Å². The van der Waals surface area contributed by atoms with Gasteiger partial charge in [-0.3, -0.25) is 0 Å². The van der Waals surface area contributed by atoms with E-state index in [0.717, 1.165) is 22.6 Å². The second kappa shape index (κ2) is 3.25. The molecule has 0 amide bonds. The van der Waals surface area contributed by atoms with Gasteiger partial charge in [0, 0.05) is 29.0 Å². The van der Waals surface area contributed by atoms with E-state index in [4.69, 9.17) is 10.5 Å². The average Bonchev–Trinajstić information content (AvgIpc) is 2.26. The average molecular weight is 213 g/mol. The molecule has 0 aromatic heterocycles. The van der Waals surface area contributed by atoms with E-state index in [1.807, 2.05) is 30.4 Å². The first-order chi connectivity index (χ1) is 7.72. The van der Waals surface area contributed by atoms with Gasteiger partial charge < -0.3 is 16.2 Å². The smallest absolute Gasteiger partial charge is 0.136 e. The highest BCUT2D eigenvalue weighted by atomic mass is 16.5. The van der Waals surface area contributed by atoms with Crippen LogP contribution in [0.3, 0.4) is 0 Å². The van der Waals surface area contributed by atoms with E-state index in [1.54, 1.807) is 0 Å². The Balaban J connectivity index is 2.12. The Bertz CT molecular complexity index is 541. The summed E-state index contributed by atoms with van der Waals surface area (Å²) < 4.78 is 5.81. The van der Waals surface area contributed by atoms with Crippen molar-refractivity contribution < 1.29 is 10.5 Å². The van der Waals surface area contributed by atoms with Crippen molar-refractivity contribution in [3.05, 3.63) is 53.3 Å². The highest BCUT2D eigenvalue weighted by Gasteiger charge is 2.19. The number of quaternary nitrogens is 1. The second-order valence-corrected chi connectivity index (χ2v) is 4.05. The molecule has 1 unspecified atom stereocenters. The molecule has 0 radical (unpaired) electrons. The van der Waals surface area contributed by atoms with Crippen LogP contribution in [0.15, 0.2) is 47.8 Å². The van der Waals surface area contributed by atoms with Gasteiger partial charge in [-0.1, -0.05) is 0 Å². The van der Waals surface area contributed by atoms with Gasteiger partial charge in [-0.05, 0) is 30.4 Å². The zero-order chi connectivity index (χ0) is 11.1. The summed E-state index contributed by atoms with van der Waals surface area (Å²) in [6.07, 6.45) is 8.22. The van der Waals surface area contributed by atoms with Crippen LogP contribution in [-0.2, 0) is 0 Å². The number of nitrogens with two attached hydrogens (primary N) is 1. The molecular weight excluding hydrogens is 200 g/mol. The molecule has 1 heterocycles. The minimum Gasteiger partial charge on any atom is -0.456 e. The summed E-state index contributed by atoms with van der Waals surface area (Å²) in [5.41, 5.74) is 12.6. The molecule has 0 saturated carbocycles. The second-order valence-electron chi connectivity index (χ2n) is 4.05. The van der Waals surface area contributed by atoms with E-state index in [0.29, 0.717) is 5.69 Å². The lowest BCUT2D eigenvalue weighted by molar-refractivity contribution is -0.387. The van der Waals surface area contributed by atoms with E-state index < -0.39 is 0 Å². The van der Waals surface area contributed by atoms with Crippen molar-refractivity contribution in [2.24, 2.45) is 0 Å². The van der Waals surface area contributed by atoms with E-state index in [1.165, 1.54) is 0 Å². The number of rotatable bonds is 0. The zero-order valence-electron chi connectivity index (χ0n) is 8.81. The molecular formula is C13H13N2O+. The standard InChI is InChI=1S/C13H12N2O/c14-10-3-1-8-5-9-2-4-11(15)7-13(9)16-12(8)6-10/h1-7,10H,14-15H2/p+1. The van der Waals surface area contributed by atoms with Crippen molar-refractivity contribution in [2.75, 3.05) is 5.73 Å². The molecule has 3 nitrogen and oxygen atoms in total. The van der Waals surface area contributed by atoms with Crippen molar-refractivity contribution >= 4 is 11.8 Å². The third kappa shape index (κ3) is 1.42. The minimum atomic E-state index is 0.176. The summed E-state index contributed by atoms with van der Waals surface area (Å²) in [5.74, 6) is 1.69. The zero-order valence-corrected chi connectivity index (χ0v) is 8.81. The molecule has 0 saturated heterocycles. The molecule has 1 atom stereocenters. The number of ether oxygens (including phenoxy) is 1. The van der Waals surface area contributed by atoms with Crippen LogP contribution in [0.4, 0.5) is 5.69 Å². The van der Waals surface area contributed by atoms with Crippen molar-refractivity contribution in [3.63, 3.8) is 0 Å². The molecule has 1 aromatic carbocycles. The molecule has 5 N–H and O–H groups in total. The first kappa shape index (κ1) is 9.24. The Labute approximate surface area is 93.7 Å².